The Morgan fingerprint density at radius 2 is 0.711 bits per heavy atom. The fourth-order valence-electron chi connectivity index (χ4n) is 5.96. The first-order valence-corrected chi connectivity index (χ1v) is 13.0. The first-order chi connectivity index (χ1) is 18.8. The Bertz CT molecular complexity index is 1990. The predicted octanol–water partition coefficient (Wildman–Crippen LogP) is 9.96. The molecule has 0 fully saturated rings. The smallest absolute Gasteiger partial charge is 0.0544 e. The highest BCUT2D eigenvalue weighted by molar-refractivity contribution is 6.13. The lowest BCUT2D eigenvalue weighted by Gasteiger charge is -2.10. The molecule has 6 aromatic carbocycles. The molecule has 178 valence electrons. The van der Waals surface area contributed by atoms with Gasteiger partial charge in [0.1, 0.15) is 0 Å². The number of hydrogen-bond donors (Lipinski definition) is 2. The van der Waals surface area contributed by atoms with E-state index < -0.39 is 0 Å². The Morgan fingerprint density at radius 3 is 1.21 bits per heavy atom. The van der Waals surface area contributed by atoms with Gasteiger partial charge in [-0.15, -0.1) is 0 Å². The molecular weight excluding hydrogens is 460 g/mol. The second-order valence-electron chi connectivity index (χ2n) is 9.96. The molecule has 0 spiro atoms. The highest BCUT2D eigenvalue weighted by Crippen LogP contribution is 2.37. The van der Waals surface area contributed by atoms with E-state index in [0.717, 1.165) is 0 Å². The number of rotatable bonds is 3. The van der Waals surface area contributed by atoms with Crippen LogP contribution in [-0.2, 0) is 0 Å². The summed E-state index contributed by atoms with van der Waals surface area (Å²) in [6.45, 7) is 0. The van der Waals surface area contributed by atoms with Gasteiger partial charge >= 0.3 is 0 Å². The highest BCUT2D eigenvalue weighted by Gasteiger charge is 2.12. The maximum atomic E-state index is 3.66. The summed E-state index contributed by atoms with van der Waals surface area (Å²) in [5, 5.41) is 5.05. The van der Waals surface area contributed by atoms with Gasteiger partial charge in [0, 0.05) is 43.7 Å². The van der Waals surface area contributed by atoms with E-state index in [9.17, 15) is 0 Å². The number of fused-ring (bicyclic) bond motifs is 6. The second-order valence-corrected chi connectivity index (χ2v) is 9.96. The molecule has 0 aliphatic carbocycles. The Balaban J connectivity index is 1.25. The van der Waals surface area contributed by atoms with E-state index in [1.807, 2.05) is 0 Å². The van der Waals surface area contributed by atoms with Crippen molar-refractivity contribution in [3.05, 3.63) is 133 Å². The zero-order valence-electron chi connectivity index (χ0n) is 20.7. The molecule has 0 aliphatic heterocycles. The molecule has 0 amide bonds. The van der Waals surface area contributed by atoms with Gasteiger partial charge in [0.2, 0.25) is 0 Å². The summed E-state index contributed by atoms with van der Waals surface area (Å²) in [6.07, 6.45) is 0. The number of aromatic nitrogens is 2. The highest BCUT2D eigenvalue weighted by atomic mass is 14.7. The summed E-state index contributed by atoms with van der Waals surface area (Å²) in [6, 6.07) is 48.0. The van der Waals surface area contributed by atoms with Crippen LogP contribution in [0, 0.1) is 0 Å². The van der Waals surface area contributed by atoms with Crippen LogP contribution in [0.5, 0.6) is 0 Å². The van der Waals surface area contributed by atoms with Crippen molar-refractivity contribution in [1.29, 1.82) is 0 Å². The Kier molecular flexibility index (Phi) is 4.55. The van der Waals surface area contributed by atoms with Crippen molar-refractivity contribution in [2.24, 2.45) is 0 Å². The SMILES string of the molecule is c1cc(-c2cccc(-c3cccc4c3[nH]c3ccccc34)c2)cc(-c2cccc3c2[nH]c2ccccc23)c1. The van der Waals surface area contributed by atoms with Crippen molar-refractivity contribution in [3.8, 4) is 33.4 Å². The summed E-state index contributed by atoms with van der Waals surface area (Å²) in [5.74, 6) is 0. The molecule has 2 heteroatoms. The third-order valence-corrected chi connectivity index (χ3v) is 7.76. The minimum atomic E-state index is 1.17. The van der Waals surface area contributed by atoms with Crippen LogP contribution < -0.4 is 0 Å². The van der Waals surface area contributed by atoms with E-state index >= 15 is 0 Å². The van der Waals surface area contributed by atoms with Gasteiger partial charge < -0.3 is 9.97 Å². The van der Waals surface area contributed by atoms with E-state index in [1.165, 1.54) is 77.0 Å². The van der Waals surface area contributed by atoms with E-state index in [2.05, 4.69) is 143 Å². The molecule has 0 atom stereocenters. The molecule has 2 heterocycles. The van der Waals surface area contributed by atoms with Crippen LogP contribution in [0.25, 0.3) is 77.0 Å². The molecule has 0 unspecified atom stereocenters. The largest absolute Gasteiger partial charge is 0.354 e. The molecule has 2 N–H and O–H groups in total. The number of nitrogens with one attached hydrogen (secondary N) is 2. The van der Waals surface area contributed by atoms with Crippen LogP contribution in [0.2, 0.25) is 0 Å². The van der Waals surface area contributed by atoms with Crippen molar-refractivity contribution in [1.82, 2.24) is 9.97 Å². The van der Waals surface area contributed by atoms with Crippen molar-refractivity contribution in [3.63, 3.8) is 0 Å². The molecule has 0 bridgehead atoms. The average molecular weight is 485 g/mol. The fourth-order valence-corrected chi connectivity index (χ4v) is 5.96. The van der Waals surface area contributed by atoms with E-state index in [0.29, 0.717) is 0 Å². The zero-order chi connectivity index (χ0) is 25.1. The van der Waals surface area contributed by atoms with Crippen molar-refractivity contribution in [2.75, 3.05) is 0 Å². The molecule has 8 aromatic rings. The van der Waals surface area contributed by atoms with Gasteiger partial charge in [0.25, 0.3) is 0 Å². The lowest BCUT2D eigenvalue weighted by Crippen LogP contribution is -1.85. The molecular formula is C36H24N2. The number of H-pyrrole nitrogens is 2. The summed E-state index contributed by atoms with van der Waals surface area (Å²) < 4.78 is 0. The van der Waals surface area contributed by atoms with E-state index in [-0.39, 0.29) is 0 Å². The van der Waals surface area contributed by atoms with Crippen LogP contribution >= 0.6 is 0 Å². The number of benzene rings is 6. The lowest BCUT2D eigenvalue weighted by molar-refractivity contribution is 1.52. The summed E-state index contributed by atoms with van der Waals surface area (Å²) in [7, 11) is 0. The Labute approximate surface area is 220 Å². The predicted molar refractivity (Wildman–Crippen MR) is 161 cm³/mol. The zero-order valence-corrected chi connectivity index (χ0v) is 20.7. The van der Waals surface area contributed by atoms with Gasteiger partial charge in [-0.1, -0.05) is 109 Å². The average Bonchev–Trinajstić information content (AvgIpc) is 3.56. The monoisotopic (exact) mass is 484 g/mol. The van der Waals surface area contributed by atoms with Crippen molar-refractivity contribution >= 4 is 43.6 Å². The molecule has 2 aromatic heterocycles. The number of para-hydroxylation sites is 4. The number of hydrogen-bond acceptors (Lipinski definition) is 0. The minimum Gasteiger partial charge on any atom is -0.354 e. The Hall–Kier alpha value is -5.08. The standard InChI is InChI=1S/C36H24N2/c1-3-19-33-29(13-1)31-17-7-15-27(35(31)37-33)25-11-5-9-23(21-25)24-10-6-12-26(22-24)28-16-8-18-32-30-14-2-4-20-34(30)38-36(28)32/h1-22,37-38H. The summed E-state index contributed by atoms with van der Waals surface area (Å²) >= 11 is 0. The second kappa shape index (κ2) is 8.22. The quantitative estimate of drug-likeness (QED) is 0.250. The molecule has 0 aliphatic rings. The first kappa shape index (κ1) is 21.0. The van der Waals surface area contributed by atoms with Gasteiger partial charge in [-0.2, -0.15) is 0 Å². The van der Waals surface area contributed by atoms with Crippen LogP contribution in [0.3, 0.4) is 0 Å². The van der Waals surface area contributed by atoms with Crippen LogP contribution in [0.15, 0.2) is 133 Å². The first-order valence-electron chi connectivity index (χ1n) is 13.0. The van der Waals surface area contributed by atoms with Crippen LogP contribution in [0.1, 0.15) is 0 Å². The fraction of sp³-hybridized carbons (Fsp3) is 0. The van der Waals surface area contributed by atoms with Crippen LogP contribution in [0.4, 0.5) is 0 Å². The van der Waals surface area contributed by atoms with Crippen molar-refractivity contribution < 1.29 is 0 Å². The maximum absolute atomic E-state index is 3.66. The maximum Gasteiger partial charge on any atom is 0.0544 e. The van der Waals surface area contributed by atoms with Crippen LogP contribution in [-0.4, -0.2) is 9.97 Å². The van der Waals surface area contributed by atoms with Gasteiger partial charge in [-0.3, -0.25) is 0 Å². The summed E-state index contributed by atoms with van der Waals surface area (Å²) in [5.41, 5.74) is 12.0. The van der Waals surface area contributed by atoms with E-state index in [1.54, 1.807) is 0 Å². The van der Waals surface area contributed by atoms with Gasteiger partial charge in [-0.05, 0) is 46.5 Å². The molecule has 0 radical (unpaired) electrons. The molecule has 0 saturated heterocycles. The lowest BCUT2D eigenvalue weighted by atomic mass is 9.95. The molecule has 38 heavy (non-hydrogen) atoms. The third-order valence-electron chi connectivity index (χ3n) is 7.76. The van der Waals surface area contributed by atoms with E-state index in [4.69, 9.17) is 0 Å². The summed E-state index contributed by atoms with van der Waals surface area (Å²) in [4.78, 5) is 7.32. The van der Waals surface area contributed by atoms with Gasteiger partial charge in [-0.25, -0.2) is 0 Å². The van der Waals surface area contributed by atoms with Gasteiger partial charge in [0.05, 0.1) is 11.0 Å². The Morgan fingerprint density at radius 1 is 0.316 bits per heavy atom. The van der Waals surface area contributed by atoms with Gasteiger partial charge in [0.15, 0.2) is 0 Å². The molecule has 0 saturated carbocycles. The van der Waals surface area contributed by atoms with Crippen molar-refractivity contribution in [2.45, 2.75) is 0 Å². The topological polar surface area (TPSA) is 31.6 Å². The normalized spacial score (nSPS) is 11.7. The third kappa shape index (κ3) is 3.21. The molecule has 8 rings (SSSR count). The molecule has 2 nitrogen and oxygen atoms in total. The minimum absolute atomic E-state index is 1.17. The number of aromatic amines is 2.